The zero-order valence-corrected chi connectivity index (χ0v) is 8.03. The van der Waals surface area contributed by atoms with E-state index in [-0.39, 0.29) is 18.2 Å². The van der Waals surface area contributed by atoms with Gasteiger partial charge < -0.3 is 15.5 Å². The van der Waals surface area contributed by atoms with E-state index in [9.17, 15) is 9.90 Å². The quantitative estimate of drug-likeness (QED) is 0.613. The molecule has 0 saturated heterocycles. The van der Waals surface area contributed by atoms with Gasteiger partial charge in [0.25, 0.3) is 0 Å². The largest absolute Gasteiger partial charge is 0.506 e. The van der Waals surface area contributed by atoms with Crippen molar-refractivity contribution < 1.29 is 15.0 Å². The molecule has 1 aromatic rings. The fourth-order valence-electron chi connectivity index (χ4n) is 1.25. The van der Waals surface area contributed by atoms with E-state index in [0.29, 0.717) is 23.2 Å². The highest BCUT2D eigenvalue weighted by Gasteiger charge is 2.12. The van der Waals surface area contributed by atoms with Crippen molar-refractivity contribution in [3.05, 3.63) is 16.8 Å². The molecule has 0 unspecified atom stereocenters. The number of nitrogens with zero attached hydrogens (tertiary/aromatic N) is 1. The molecule has 0 radical (unpaired) electrons. The molecule has 1 rings (SSSR count). The molecule has 14 heavy (non-hydrogen) atoms. The van der Waals surface area contributed by atoms with E-state index < -0.39 is 0 Å². The summed E-state index contributed by atoms with van der Waals surface area (Å²) in [7, 11) is 0. The number of hydrogen-bond donors (Lipinski definition) is 3. The molecule has 0 aromatic carbocycles. The third-order valence-electron chi connectivity index (χ3n) is 2.07. The van der Waals surface area contributed by atoms with Crippen LogP contribution in [0.15, 0.2) is 0 Å². The van der Waals surface area contributed by atoms with E-state index in [1.807, 2.05) is 0 Å². The van der Waals surface area contributed by atoms with Crippen molar-refractivity contribution in [3.8, 4) is 5.75 Å². The van der Waals surface area contributed by atoms with E-state index in [1.165, 1.54) is 0 Å². The topological polar surface area (TPSA) is 82.5 Å². The monoisotopic (exact) mass is 196 g/mol. The summed E-state index contributed by atoms with van der Waals surface area (Å²) >= 11 is 0. The van der Waals surface area contributed by atoms with E-state index >= 15 is 0 Å². The second kappa shape index (κ2) is 4.06. The average Bonchev–Trinajstić information content (AvgIpc) is 2.16. The molecule has 0 fully saturated rings. The number of amides is 1. The van der Waals surface area contributed by atoms with Gasteiger partial charge in [-0.3, -0.25) is 4.79 Å². The maximum absolute atomic E-state index is 10.3. The number of carbonyl (C=O) groups excluding carboxylic acids is 1. The molecular weight excluding hydrogens is 184 g/mol. The molecule has 3 N–H and O–H groups in total. The third kappa shape index (κ3) is 1.67. The van der Waals surface area contributed by atoms with Crippen LogP contribution in [0.25, 0.3) is 0 Å². The number of aryl methyl sites for hydroxylation is 1. The molecule has 0 spiro atoms. The van der Waals surface area contributed by atoms with Gasteiger partial charge >= 0.3 is 0 Å². The lowest BCUT2D eigenvalue weighted by molar-refractivity contribution is -0.105. The number of aliphatic hydroxyl groups is 1. The normalized spacial score (nSPS) is 9.93. The Labute approximate surface area is 81.4 Å². The standard InChI is InChI=1S/C9H12N2O3/c1-5-7(3-12)9(10-4-13)11-6(2)8(5)14/h4,12,14H,3H2,1-2H3,(H,10,11,13). The number of anilines is 1. The van der Waals surface area contributed by atoms with E-state index in [0.717, 1.165) is 0 Å². The zero-order valence-electron chi connectivity index (χ0n) is 8.03. The van der Waals surface area contributed by atoms with Gasteiger partial charge in [0.2, 0.25) is 6.41 Å². The number of aliphatic hydroxyl groups excluding tert-OH is 1. The van der Waals surface area contributed by atoms with Crippen LogP contribution in [-0.2, 0) is 11.4 Å². The lowest BCUT2D eigenvalue weighted by Crippen LogP contribution is -2.05. The van der Waals surface area contributed by atoms with Gasteiger partial charge in [0, 0.05) is 11.1 Å². The maximum Gasteiger partial charge on any atom is 0.212 e. The van der Waals surface area contributed by atoms with Gasteiger partial charge in [-0.2, -0.15) is 0 Å². The predicted octanol–water partition coefficient (Wildman–Crippen LogP) is 0.465. The molecule has 76 valence electrons. The van der Waals surface area contributed by atoms with Crippen molar-refractivity contribution in [1.82, 2.24) is 4.98 Å². The first kappa shape index (κ1) is 10.5. The fraction of sp³-hybridized carbons (Fsp3) is 0.333. The highest BCUT2D eigenvalue weighted by atomic mass is 16.3. The number of aromatic nitrogens is 1. The maximum atomic E-state index is 10.3. The summed E-state index contributed by atoms with van der Waals surface area (Å²) in [5.74, 6) is 0.334. The van der Waals surface area contributed by atoms with E-state index in [1.54, 1.807) is 13.8 Å². The summed E-state index contributed by atoms with van der Waals surface area (Å²) in [4.78, 5) is 14.2. The molecule has 0 bridgehead atoms. The van der Waals surface area contributed by atoms with Crippen molar-refractivity contribution in [1.29, 1.82) is 0 Å². The molecule has 0 saturated carbocycles. The first-order valence-electron chi connectivity index (χ1n) is 4.11. The SMILES string of the molecule is Cc1nc(NC=O)c(CO)c(C)c1O. The summed E-state index contributed by atoms with van der Waals surface area (Å²) in [6.45, 7) is 3.01. The van der Waals surface area contributed by atoms with Crippen LogP contribution in [0.1, 0.15) is 16.8 Å². The van der Waals surface area contributed by atoms with Crippen molar-refractivity contribution in [3.63, 3.8) is 0 Å². The van der Waals surface area contributed by atoms with Crippen molar-refractivity contribution in [2.45, 2.75) is 20.5 Å². The average molecular weight is 196 g/mol. The molecule has 0 aliphatic rings. The van der Waals surface area contributed by atoms with Crippen LogP contribution >= 0.6 is 0 Å². The Morgan fingerprint density at radius 1 is 1.50 bits per heavy atom. The first-order chi connectivity index (χ1) is 6.61. The highest BCUT2D eigenvalue weighted by molar-refractivity contribution is 5.72. The Bertz CT molecular complexity index is 364. The molecule has 0 aliphatic heterocycles. The predicted molar refractivity (Wildman–Crippen MR) is 51.0 cm³/mol. The molecular formula is C9H12N2O3. The molecule has 0 atom stereocenters. The Kier molecular flexibility index (Phi) is 3.03. The van der Waals surface area contributed by atoms with Crippen LogP contribution in [0, 0.1) is 13.8 Å². The lowest BCUT2D eigenvalue weighted by Gasteiger charge is -2.11. The van der Waals surface area contributed by atoms with Gasteiger partial charge in [-0.05, 0) is 13.8 Å². The molecule has 0 aliphatic carbocycles. The molecule has 1 aromatic heterocycles. The second-order valence-corrected chi connectivity index (χ2v) is 2.92. The summed E-state index contributed by atoms with van der Waals surface area (Å²) in [6.07, 6.45) is 0.484. The number of carbonyl (C=O) groups is 1. The fourth-order valence-corrected chi connectivity index (χ4v) is 1.25. The zero-order chi connectivity index (χ0) is 10.7. The van der Waals surface area contributed by atoms with Gasteiger partial charge in [0.05, 0.1) is 12.3 Å². The summed E-state index contributed by atoms with van der Waals surface area (Å²) < 4.78 is 0. The van der Waals surface area contributed by atoms with Crippen LogP contribution in [0.2, 0.25) is 0 Å². The van der Waals surface area contributed by atoms with E-state index in [2.05, 4.69) is 10.3 Å². The van der Waals surface area contributed by atoms with E-state index in [4.69, 9.17) is 5.11 Å². The van der Waals surface area contributed by atoms with Crippen LogP contribution in [0.5, 0.6) is 5.75 Å². The Balaban J connectivity index is 3.35. The van der Waals surface area contributed by atoms with Crippen LogP contribution in [-0.4, -0.2) is 21.6 Å². The minimum atomic E-state index is -0.275. The Morgan fingerprint density at radius 2 is 2.14 bits per heavy atom. The first-order valence-corrected chi connectivity index (χ1v) is 4.11. The Hall–Kier alpha value is -1.62. The molecule has 1 amide bonds. The summed E-state index contributed by atoms with van der Waals surface area (Å²) in [6, 6.07) is 0. The van der Waals surface area contributed by atoms with Crippen LogP contribution < -0.4 is 5.32 Å². The third-order valence-corrected chi connectivity index (χ3v) is 2.07. The molecule has 1 heterocycles. The van der Waals surface area contributed by atoms with Crippen LogP contribution in [0.3, 0.4) is 0 Å². The lowest BCUT2D eigenvalue weighted by atomic mass is 10.1. The smallest absolute Gasteiger partial charge is 0.212 e. The number of pyridine rings is 1. The minimum absolute atomic E-state index is 0.0468. The molecule has 5 nitrogen and oxygen atoms in total. The number of aromatic hydroxyl groups is 1. The van der Waals surface area contributed by atoms with Gasteiger partial charge in [-0.1, -0.05) is 0 Å². The van der Waals surface area contributed by atoms with Gasteiger partial charge in [-0.15, -0.1) is 0 Å². The number of rotatable bonds is 3. The second-order valence-electron chi connectivity index (χ2n) is 2.92. The van der Waals surface area contributed by atoms with Crippen molar-refractivity contribution in [2.24, 2.45) is 0 Å². The molecule has 5 heteroatoms. The summed E-state index contributed by atoms with van der Waals surface area (Å²) in [5.41, 5.74) is 1.38. The van der Waals surface area contributed by atoms with Gasteiger partial charge in [0.1, 0.15) is 11.6 Å². The van der Waals surface area contributed by atoms with Gasteiger partial charge in [0.15, 0.2) is 0 Å². The van der Waals surface area contributed by atoms with Crippen molar-refractivity contribution in [2.75, 3.05) is 5.32 Å². The highest BCUT2D eigenvalue weighted by Crippen LogP contribution is 2.27. The minimum Gasteiger partial charge on any atom is -0.506 e. The number of hydrogen-bond acceptors (Lipinski definition) is 4. The Morgan fingerprint density at radius 3 is 2.64 bits per heavy atom. The summed E-state index contributed by atoms with van der Waals surface area (Å²) in [5, 5.41) is 20.9. The van der Waals surface area contributed by atoms with Crippen molar-refractivity contribution >= 4 is 12.2 Å². The van der Waals surface area contributed by atoms with Gasteiger partial charge in [-0.25, -0.2) is 4.98 Å². The van der Waals surface area contributed by atoms with Crippen LogP contribution in [0.4, 0.5) is 5.82 Å². The number of nitrogens with one attached hydrogen (secondary N) is 1.